The van der Waals surface area contributed by atoms with Crippen LogP contribution in [0.1, 0.15) is 9.67 Å². The van der Waals surface area contributed by atoms with Crippen molar-refractivity contribution in [2.45, 2.75) is 0 Å². The lowest BCUT2D eigenvalue weighted by molar-refractivity contribution is 0.0703. The lowest BCUT2D eigenvalue weighted by Crippen LogP contribution is -2.34. The summed E-state index contributed by atoms with van der Waals surface area (Å²) < 4.78 is 6.51. The molecule has 0 saturated heterocycles. The fourth-order valence-corrected chi connectivity index (χ4v) is 4.56. The first-order valence-corrected chi connectivity index (χ1v) is 10.3. The Hall–Kier alpha value is -3.50. The van der Waals surface area contributed by atoms with Crippen molar-refractivity contribution < 1.29 is 19.4 Å². The maximum Gasteiger partial charge on any atom is 0.348 e. The predicted octanol–water partition coefficient (Wildman–Crippen LogP) is 5.63. The van der Waals surface area contributed by atoms with E-state index in [1.54, 1.807) is 18.2 Å². The largest absolute Gasteiger partial charge is 0.477 e. The molecule has 4 aromatic rings. The summed E-state index contributed by atoms with van der Waals surface area (Å²) in [6.07, 6.45) is 1.32. The van der Waals surface area contributed by atoms with Crippen LogP contribution in [-0.2, 0) is 0 Å². The van der Waals surface area contributed by atoms with Crippen molar-refractivity contribution in [3.8, 4) is 11.5 Å². The number of ether oxygens (including phenoxy) is 1. The molecule has 0 radical (unpaired) electrons. The molecule has 1 aliphatic heterocycles. The average molecular weight is 483 g/mol. The summed E-state index contributed by atoms with van der Waals surface area (Å²) in [5, 5.41) is 12.6. The van der Waals surface area contributed by atoms with Gasteiger partial charge >= 0.3 is 12.0 Å². The van der Waals surface area contributed by atoms with Gasteiger partial charge in [0.25, 0.3) is 0 Å². The maximum atomic E-state index is 12.9. The minimum atomic E-state index is -1.13. The molecule has 5 rings (SSSR count). The Labute approximate surface area is 181 Å². The number of aromatic carboxylic acids is 1. The molecule has 2 amide bonds. The highest BCUT2D eigenvalue weighted by atomic mass is 79.9. The van der Waals surface area contributed by atoms with Crippen molar-refractivity contribution in [2.75, 3.05) is 10.2 Å². The summed E-state index contributed by atoms with van der Waals surface area (Å²) in [5.41, 5.74) is 0.760. The SMILES string of the molecule is O=C(O)c1sc2ncnc3c2c1NC(=O)N3c1ccc(Oc2ccccc2)c(Br)c1. The van der Waals surface area contributed by atoms with Crippen LogP contribution in [0.15, 0.2) is 59.3 Å². The Morgan fingerprint density at radius 1 is 1.17 bits per heavy atom. The van der Waals surface area contributed by atoms with E-state index in [0.29, 0.717) is 37.7 Å². The number of carbonyl (C=O) groups is 2. The van der Waals surface area contributed by atoms with E-state index in [2.05, 4.69) is 31.2 Å². The van der Waals surface area contributed by atoms with Crippen LogP contribution in [0.4, 0.5) is 22.0 Å². The van der Waals surface area contributed by atoms with Gasteiger partial charge in [0, 0.05) is 0 Å². The topological polar surface area (TPSA) is 105 Å². The molecule has 1 aliphatic rings. The van der Waals surface area contributed by atoms with Crippen molar-refractivity contribution in [3.63, 3.8) is 0 Å². The molecule has 8 nitrogen and oxygen atoms in total. The molecule has 0 bridgehead atoms. The van der Waals surface area contributed by atoms with E-state index in [4.69, 9.17) is 4.74 Å². The number of carbonyl (C=O) groups excluding carboxylic acids is 1. The number of anilines is 3. The number of urea groups is 1. The molecular weight excluding hydrogens is 472 g/mol. The second kappa shape index (κ2) is 7.08. The van der Waals surface area contributed by atoms with Gasteiger partial charge in [0.1, 0.15) is 27.5 Å². The van der Waals surface area contributed by atoms with Gasteiger partial charge in [-0.2, -0.15) is 0 Å². The number of benzene rings is 2. The number of nitrogens with one attached hydrogen (secondary N) is 1. The lowest BCUT2D eigenvalue weighted by atomic mass is 10.2. The highest BCUT2D eigenvalue weighted by Crippen LogP contribution is 2.45. The molecular formula is C20H11BrN4O4S. The highest BCUT2D eigenvalue weighted by Gasteiger charge is 2.33. The quantitative estimate of drug-likeness (QED) is 0.390. The Morgan fingerprint density at radius 3 is 2.70 bits per heavy atom. The van der Waals surface area contributed by atoms with Gasteiger partial charge < -0.3 is 15.2 Å². The lowest BCUT2D eigenvalue weighted by Gasteiger charge is -2.27. The summed E-state index contributed by atoms with van der Waals surface area (Å²) in [4.78, 5) is 34.7. The zero-order valence-corrected chi connectivity index (χ0v) is 17.4. The Balaban J connectivity index is 1.58. The van der Waals surface area contributed by atoms with Gasteiger partial charge in [-0.25, -0.2) is 24.5 Å². The van der Waals surface area contributed by atoms with Gasteiger partial charge in [-0.3, -0.25) is 0 Å². The first-order valence-electron chi connectivity index (χ1n) is 8.67. The zero-order chi connectivity index (χ0) is 20.8. The van der Waals surface area contributed by atoms with E-state index in [-0.39, 0.29) is 10.6 Å². The molecule has 148 valence electrons. The Morgan fingerprint density at radius 2 is 1.97 bits per heavy atom. The molecule has 0 saturated carbocycles. The standard InChI is InChI=1S/C20H11BrN4O4S/c21-12-8-10(6-7-13(12)29-11-4-2-1-3-5-11)25-17-14-15(24-20(25)28)16(19(26)27)30-18(14)23-9-22-17/h1-9H,(H,24,28)(H,26,27). The van der Waals surface area contributed by atoms with Gasteiger partial charge in [-0.15, -0.1) is 11.3 Å². The van der Waals surface area contributed by atoms with E-state index in [9.17, 15) is 14.7 Å². The number of aromatic nitrogens is 2. The molecule has 10 heteroatoms. The second-order valence-electron chi connectivity index (χ2n) is 6.28. The highest BCUT2D eigenvalue weighted by molar-refractivity contribution is 9.10. The monoisotopic (exact) mass is 482 g/mol. The smallest absolute Gasteiger partial charge is 0.348 e. The van der Waals surface area contributed by atoms with Crippen LogP contribution >= 0.6 is 27.3 Å². The number of amides is 2. The minimum absolute atomic E-state index is 0.0209. The summed E-state index contributed by atoms with van der Waals surface area (Å²) in [7, 11) is 0. The summed E-state index contributed by atoms with van der Waals surface area (Å²) in [6.45, 7) is 0. The van der Waals surface area contributed by atoms with Crippen LogP contribution in [0.5, 0.6) is 11.5 Å². The summed E-state index contributed by atoms with van der Waals surface area (Å²) in [5.74, 6) is 0.465. The van der Waals surface area contributed by atoms with Gasteiger partial charge in [-0.05, 0) is 46.3 Å². The van der Waals surface area contributed by atoms with E-state index >= 15 is 0 Å². The van der Waals surface area contributed by atoms with Gasteiger partial charge in [-0.1, -0.05) is 18.2 Å². The molecule has 2 aromatic carbocycles. The van der Waals surface area contributed by atoms with Gasteiger partial charge in [0.05, 0.1) is 21.2 Å². The number of carboxylic acid groups (broad SMARTS) is 1. The third-order valence-electron chi connectivity index (χ3n) is 4.45. The Kier molecular flexibility index (Phi) is 4.37. The van der Waals surface area contributed by atoms with E-state index < -0.39 is 12.0 Å². The normalized spacial score (nSPS) is 12.7. The number of carboxylic acids is 1. The van der Waals surface area contributed by atoms with Gasteiger partial charge in [0.15, 0.2) is 5.82 Å². The number of para-hydroxylation sites is 1. The van der Waals surface area contributed by atoms with Crippen molar-refractivity contribution in [2.24, 2.45) is 0 Å². The number of halogens is 1. The van der Waals surface area contributed by atoms with Crippen LogP contribution in [0.3, 0.4) is 0 Å². The van der Waals surface area contributed by atoms with Crippen LogP contribution < -0.4 is 15.0 Å². The van der Waals surface area contributed by atoms with Crippen LogP contribution in [0.25, 0.3) is 10.2 Å². The molecule has 0 unspecified atom stereocenters. The third-order valence-corrected chi connectivity index (χ3v) is 6.16. The molecule has 0 atom stereocenters. The molecule has 0 spiro atoms. The van der Waals surface area contributed by atoms with Gasteiger partial charge in [0.2, 0.25) is 0 Å². The molecule has 0 fully saturated rings. The predicted molar refractivity (Wildman–Crippen MR) is 116 cm³/mol. The number of thiophene rings is 1. The molecule has 30 heavy (non-hydrogen) atoms. The van der Waals surface area contributed by atoms with Crippen molar-refractivity contribution >= 4 is 66.7 Å². The number of hydrogen-bond acceptors (Lipinski definition) is 6. The zero-order valence-electron chi connectivity index (χ0n) is 15.0. The first kappa shape index (κ1) is 18.5. The summed E-state index contributed by atoms with van der Waals surface area (Å²) >= 11 is 4.49. The molecule has 2 aromatic heterocycles. The molecule has 2 N–H and O–H groups in total. The third kappa shape index (κ3) is 2.97. The van der Waals surface area contributed by atoms with Crippen molar-refractivity contribution in [3.05, 3.63) is 64.2 Å². The van der Waals surface area contributed by atoms with E-state index in [1.807, 2.05) is 30.3 Å². The van der Waals surface area contributed by atoms with Crippen LogP contribution in [-0.4, -0.2) is 27.1 Å². The summed E-state index contributed by atoms with van der Waals surface area (Å²) in [6, 6.07) is 14.0. The number of hydrogen-bond donors (Lipinski definition) is 2. The van der Waals surface area contributed by atoms with Crippen molar-refractivity contribution in [1.82, 2.24) is 9.97 Å². The number of nitrogens with zero attached hydrogens (tertiary/aromatic N) is 3. The van der Waals surface area contributed by atoms with E-state index in [1.165, 1.54) is 11.2 Å². The Bertz CT molecular complexity index is 1330. The molecule has 3 heterocycles. The molecule has 0 aliphatic carbocycles. The fourth-order valence-electron chi connectivity index (χ4n) is 3.18. The van der Waals surface area contributed by atoms with E-state index in [0.717, 1.165) is 11.3 Å². The average Bonchev–Trinajstić information content (AvgIpc) is 3.11. The first-order chi connectivity index (χ1) is 14.5. The fraction of sp³-hybridized carbons (Fsp3) is 0. The van der Waals surface area contributed by atoms with Crippen LogP contribution in [0.2, 0.25) is 0 Å². The van der Waals surface area contributed by atoms with Crippen LogP contribution in [0, 0.1) is 0 Å². The minimum Gasteiger partial charge on any atom is -0.477 e. The second-order valence-corrected chi connectivity index (χ2v) is 8.14. The van der Waals surface area contributed by atoms with Crippen molar-refractivity contribution in [1.29, 1.82) is 0 Å². The maximum absolute atomic E-state index is 12.9. The number of rotatable bonds is 4.